The zero-order chi connectivity index (χ0) is 17.7. The van der Waals surface area contributed by atoms with Gasteiger partial charge in [0.2, 0.25) is 0 Å². The average molecular weight is 333 g/mol. The molecule has 0 aromatic heterocycles. The lowest BCUT2D eigenvalue weighted by Crippen LogP contribution is -1.93. The second-order valence-electron chi connectivity index (χ2n) is 6.39. The molecule has 0 saturated heterocycles. The first kappa shape index (κ1) is 22.6. The van der Waals surface area contributed by atoms with Crippen LogP contribution in [0.15, 0.2) is 0 Å². The zero-order valence-corrected chi connectivity index (χ0v) is 15.7. The first-order valence-corrected chi connectivity index (χ1v) is 9.90. The minimum absolute atomic E-state index is 0.301. The smallest absolute Gasteiger partial charge is 0.303 e. The standard InChI is InChI=1S/C22H36O2/c1-2-3-4-5-6-7-8-9-10-11-12-13-14-15-16-17-18-19-20-21-22(23)24/h2-6,9-13,16-21H2,1H3,(H,23,24). The van der Waals surface area contributed by atoms with Crippen LogP contribution >= 0.6 is 0 Å². The van der Waals surface area contributed by atoms with Gasteiger partial charge in [-0.15, -0.1) is 23.7 Å². The molecule has 0 atom stereocenters. The number of hydrogen-bond donors (Lipinski definition) is 1. The second-order valence-corrected chi connectivity index (χ2v) is 6.39. The van der Waals surface area contributed by atoms with E-state index in [0.29, 0.717) is 6.42 Å². The summed E-state index contributed by atoms with van der Waals surface area (Å²) in [6.07, 6.45) is 17.2. The van der Waals surface area contributed by atoms with E-state index in [2.05, 4.69) is 30.6 Å². The van der Waals surface area contributed by atoms with Crippen molar-refractivity contribution in [2.24, 2.45) is 0 Å². The van der Waals surface area contributed by atoms with Gasteiger partial charge in [0.25, 0.3) is 0 Å². The predicted octanol–water partition coefficient (Wildman–Crippen LogP) is 6.34. The molecule has 0 aliphatic heterocycles. The molecule has 0 aromatic carbocycles. The normalized spacial score (nSPS) is 9.71. The summed E-state index contributed by atoms with van der Waals surface area (Å²) >= 11 is 0. The Morgan fingerprint density at radius 1 is 0.625 bits per heavy atom. The Morgan fingerprint density at radius 2 is 1.00 bits per heavy atom. The van der Waals surface area contributed by atoms with Crippen molar-refractivity contribution in [3.63, 3.8) is 0 Å². The predicted molar refractivity (Wildman–Crippen MR) is 103 cm³/mol. The van der Waals surface area contributed by atoms with Crippen molar-refractivity contribution >= 4 is 5.97 Å². The summed E-state index contributed by atoms with van der Waals surface area (Å²) in [6.45, 7) is 2.24. The van der Waals surface area contributed by atoms with Crippen molar-refractivity contribution in [1.29, 1.82) is 0 Å². The van der Waals surface area contributed by atoms with Crippen LogP contribution in [0.25, 0.3) is 0 Å². The molecule has 0 amide bonds. The SMILES string of the molecule is CCCCCCC#CCCCCCC#CCCCCCCC(=O)O. The molecule has 0 spiro atoms. The molecule has 0 aliphatic rings. The summed E-state index contributed by atoms with van der Waals surface area (Å²) in [6, 6.07) is 0. The summed E-state index contributed by atoms with van der Waals surface area (Å²) < 4.78 is 0. The number of carboxylic acid groups (broad SMARTS) is 1. The van der Waals surface area contributed by atoms with Crippen molar-refractivity contribution in [2.45, 2.75) is 110 Å². The first-order valence-electron chi connectivity index (χ1n) is 9.90. The van der Waals surface area contributed by atoms with Crippen LogP contribution in [0.1, 0.15) is 110 Å². The third-order valence-corrected chi connectivity index (χ3v) is 3.95. The Morgan fingerprint density at radius 3 is 1.42 bits per heavy atom. The molecule has 2 nitrogen and oxygen atoms in total. The van der Waals surface area contributed by atoms with Crippen LogP contribution in [0.4, 0.5) is 0 Å². The topological polar surface area (TPSA) is 37.3 Å². The largest absolute Gasteiger partial charge is 0.481 e. The van der Waals surface area contributed by atoms with E-state index in [1.54, 1.807) is 0 Å². The van der Waals surface area contributed by atoms with Gasteiger partial charge in [-0.05, 0) is 32.1 Å². The van der Waals surface area contributed by atoms with Gasteiger partial charge >= 0.3 is 5.97 Å². The van der Waals surface area contributed by atoms with E-state index < -0.39 is 5.97 Å². The van der Waals surface area contributed by atoms with E-state index in [4.69, 9.17) is 5.11 Å². The molecule has 24 heavy (non-hydrogen) atoms. The lowest BCUT2D eigenvalue weighted by molar-refractivity contribution is -0.137. The van der Waals surface area contributed by atoms with Crippen molar-refractivity contribution in [3.05, 3.63) is 0 Å². The monoisotopic (exact) mass is 332 g/mol. The van der Waals surface area contributed by atoms with Crippen LogP contribution in [0, 0.1) is 23.7 Å². The molecule has 0 bridgehead atoms. The van der Waals surface area contributed by atoms with Gasteiger partial charge in [0, 0.05) is 32.1 Å². The highest BCUT2D eigenvalue weighted by Gasteiger charge is 1.95. The van der Waals surface area contributed by atoms with Crippen molar-refractivity contribution in [3.8, 4) is 23.7 Å². The number of carbonyl (C=O) groups is 1. The highest BCUT2D eigenvalue weighted by atomic mass is 16.4. The number of carboxylic acids is 1. The highest BCUT2D eigenvalue weighted by Crippen LogP contribution is 2.06. The minimum Gasteiger partial charge on any atom is -0.481 e. The van der Waals surface area contributed by atoms with Crippen LogP contribution < -0.4 is 0 Å². The maximum atomic E-state index is 10.4. The van der Waals surface area contributed by atoms with E-state index in [-0.39, 0.29) is 0 Å². The number of unbranched alkanes of at least 4 members (excludes halogenated alkanes) is 12. The summed E-state index contributed by atoms with van der Waals surface area (Å²) in [7, 11) is 0. The molecule has 1 N–H and O–H groups in total. The fraction of sp³-hybridized carbons (Fsp3) is 0.773. The van der Waals surface area contributed by atoms with Crippen molar-refractivity contribution in [2.75, 3.05) is 0 Å². The third kappa shape index (κ3) is 20.6. The molecule has 0 fully saturated rings. The van der Waals surface area contributed by atoms with Gasteiger partial charge in [-0.3, -0.25) is 4.79 Å². The van der Waals surface area contributed by atoms with Crippen molar-refractivity contribution < 1.29 is 9.90 Å². The second kappa shape index (κ2) is 19.6. The maximum absolute atomic E-state index is 10.4. The van der Waals surface area contributed by atoms with Crippen LogP contribution in [0.2, 0.25) is 0 Å². The highest BCUT2D eigenvalue weighted by molar-refractivity contribution is 5.66. The molecule has 136 valence electrons. The Kier molecular flexibility index (Phi) is 18.5. The summed E-state index contributed by atoms with van der Waals surface area (Å²) in [5.41, 5.74) is 0. The molecule has 0 radical (unpaired) electrons. The van der Waals surface area contributed by atoms with Crippen LogP contribution in [0.5, 0.6) is 0 Å². The van der Waals surface area contributed by atoms with Gasteiger partial charge in [0.15, 0.2) is 0 Å². The van der Waals surface area contributed by atoms with Gasteiger partial charge in [-0.2, -0.15) is 0 Å². The third-order valence-electron chi connectivity index (χ3n) is 3.95. The molecule has 0 saturated carbocycles. The molecular formula is C22H36O2. The molecule has 0 unspecified atom stereocenters. The van der Waals surface area contributed by atoms with Crippen LogP contribution in [0.3, 0.4) is 0 Å². The summed E-state index contributed by atoms with van der Waals surface area (Å²) in [5, 5.41) is 8.53. The van der Waals surface area contributed by atoms with Crippen LogP contribution in [-0.2, 0) is 4.79 Å². The molecule has 0 rings (SSSR count). The fourth-order valence-corrected chi connectivity index (χ4v) is 2.44. The van der Waals surface area contributed by atoms with E-state index in [9.17, 15) is 4.79 Å². The fourth-order valence-electron chi connectivity index (χ4n) is 2.44. The number of aliphatic carboxylic acids is 1. The van der Waals surface area contributed by atoms with Crippen LogP contribution in [-0.4, -0.2) is 11.1 Å². The Bertz CT molecular complexity index is 403. The van der Waals surface area contributed by atoms with Crippen molar-refractivity contribution in [1.82, 2.24) is 0 Å². The van der Waals surface area contributed by atoms with Gasteiger partial charge in [-0.1, -0.05) is 45.4 Å². The van der Waals surface area contributed by atoms with E-state index in [1.807, 2.05) is 0 Å². The van der Waals surface area contributed by atoms with Gasteiger partial charge in [0.05, 0.1) is 0 Å². The lowest BCUT2D eigenvalue weighted by atomic mass is 10.1. The van der Waals surface area contributed by atoms with Gasteiger partial charge < -0.3 is 5.11 Å². The molecule has 2 heteroatoms. The Hall–Kier alpha value is -1.41. The molecular weight excluding hydrogens is 296 g/mol. The number of rotatable bonds is 14. The minimum atomic E-state index is -0.687. The van der Waals surface area contributed by atoms with E-state index in [1.165, 1.54) is 44.9 Å². The Labute approximate surface area is 149 Å². The molecule has 0 aliphatic carbocycles. The van der Waals surface area contributed by atoms with Gasteiger partial charge in [-0.25, -0.2) is 0 Å². The molecule has 0 aromatic rings. The van der Waals surface area contributed by atoms with E-state index in [0.717, 1.165) is 51.4 Å². The zero-order valence-electron chi connectivity index (χ0n) is 15.7. The summed E-state index contributed by atoms with van der Waals surface area (Å²) in [4.78, 5) is 10.4. The molecule has 0 heterocycles. The Balaban J connectivity index is 3.22. The quantitative estimate of drug-likeness (QED) is 0.298. The summed E-state index contributed by atoms with van der Waals surface area (Å²) in [5.74, 6) is 12.3. The van der Waals surface area contributed by atoms with E-state index >= 15 is 0 Å². The maximum Gasteiger partial charge on any atom is 0.303 e. The lowest BCUT2D eigenvalue weighted by Gasteiger charge is -1.96. The first-order chi connectivity index (χ1) is 11.8. The van der Waals surface area contributed by atoms with Gasteiger partial charge in [0.1, 0.15) is 0 Å². The number of hydrogen-bond acceptors (Lipinski definition) is 1. The average Bonchev–Trinajstić information content (AvgIpc) is 2.56.